The molecule has 6 nitrogen and oxygen atoms in total. The molecule has 0 unspecified atom stereocenters. The molecule has 0 aliphatic carbocycles. The van der Waals surface area contributed by atoms with E-state index >= 15 is 4.79 Å². The van der Waals surface area contributed by atoms with E-state index in [-0.39, 0.29) is 5.91 Å². The van der Waals surface area contributed by atoms with Crippen LogP contribution >= 0.6 is 7.26 Å². The van der Waals surface area contributed by atoms with E-state index in [2.05, 4.69) is 132 Å². The van der Waals surface area contributed by atoms with Crippen LogP contribution < -0.4 is 15.9 Å². The van der Waals surface area contributed by atoms with E-state index in [1.165, 1.54) is 0 Å². The van der Waals surface area contributed by atoms with Crippen molar-refractivity contribution < 1.29 is 14.3 Å². The normalized spacial score (nSPS) is 16.2. The number of carbonyl (C=O) groups excluding carboxylic acids is 1. The first kappa shape index (κ1) is 32.7. The quantitative estimate of drug-likeness (QED) is 0.0885. The summed E-state index contributed by atoms with van der Waals surface area (Å²) in [5.41, 5.74) is 2.40. The molecular weight excluding hydrogens is 625 g/mol. The first-order chi connectivity index (χ1) is 24.3. The van der Waals surface area contributed by atoms with E-state index in [1.807, 2.05) is 29.2 Å². The lowest BCUT2D eigenvalue weighted by atomic mass is 10.1. The van der Waals surface area contributed by atoms with Crippen molar-refractivity contribution in [1.29, 1.82) is 0 Å². The highest BCUT2D eigenvalue weighted by atomic mass is 31.2. The third-order valence-corrected chi connectivity index (χ3v) is 13.5. The molecule has 0 spiro atoms. The summed E-state index contributed by atoms with van der Waals surface area (Å²) < 4.78 is 11.5. The second kappa shape index (κ2) is 15.6. The van der Waals surface area contributed by atoms with Crippen LogP contribution in [0.4, 0.5) is 0 Å². The lowest BCUT2D eigenvalue weighted by Crippen LogP contribution is -2.44. The Labute approximate surface area is 289 Å². The molecule has 2 aliphatic rings. The van der Waals surface area contributed by atoms with Gasteiger partial charge in [0.2, 0.25) is 0 Å². The fraction of sp³-hybridized carbons (Fsp3) is 0.190. The van der Waals surface area contributed by atoms with Crippen LogP contribution in [0.15, 0.2) is 162 Å². The Kier molecular flexibility index (Phi) is 10.4. The summed E-state index contributed by atoms with van der Waals surface area (Å²) in [6.07, 6.45) is 0. The van der Waals surface area contributed by atoms with Crippen molar-refractivity contribution in [2.45, 2.75) is 0 Å². The van der Waals surface area contributed by atoms with Crippen LogP contribution in [-0.2, 0) is 14.3 Å². The second-order valence-corrected chi connectivity index (χ2v) is 15.4. The summed E-state index contributed by atoms with van der Waals surface area (Å²) in [5, 5.41) is 4.40. The molecule has 0 atom stereocenters. The Morgan fingerprint density at radius 3 is 1.29 bits per heavy atom. The largest absolute Gasteiger partial charge is 0.378 e. The summed E-state index contributed by atoms with van der Waals surface area (Å²) in [6.45, 7) is 4.57. The Bertz CT molecular complexity index is 1780. The smallest absolute Gasteiger partial charge is 0.276 e. The van der Waals surface area contributed by atoms with E-state index < -0.39 is 7.26 Å². The number of hydrogen-bond acceptors (Lipinski definition) is 4. The van der Waals surface area contributed by atoms with Crippen molar-refractivity contribution in [3.05, 3.63) is 168 Å². The van der Waals surface area contributed by atoms with Crippen LogP contribution in [0.5, 0.6) is 0 Å². The fourth-order valence-corrected chi connectivity index (χ4v) is 11.3. The second-order valence-electron chi connectivity index (χ2n) is 12.0. The number of morpholine rings is 2. The average molecular weight is 667 g/mol. The van der Waals surface area contributed by atoms with Gasteiger partial charge < -0.3 is 19.3 Å². The van der Waals surface area contributed by atoms with Crippen molar-refractivity contribution in [2.75, 3.05) is 52.6 Å². The van der Waals surface area contributed by atoms with Gasteiger partial charge in [0.15, 0.2) is 5.70 Å². The molecule has 0 N–H and O–H groups in total. The van der Waals surface area contributed by atoms with Crippen molar-refractivity contribution in [2.24, 2.45) is 4.99 Å². The molecule has 0 saturated carbocycles. The van der Waals surface area contributed by atoms with E-state index in [1.54, 1.807) is 0 Å². The molecule has 2 heterocycles. The maximum absolute atomic E-state index is 15.4. The van der Waals surface area contributed by atoms with Gasteiger partial charge in [0.25, 0.3) is 5.91 Å². The first-order valence-electron chi connectivity index (χ1n) is 17.0. The summed E-state index contributed by atoms with van der Waals surface area (Å²) in [6, 6.07) is 52.8. The molecule has 49 heavy (non-hydrogen) atoms. The topological polar surface area (TPSA) is 54.4 Å². The predicted molar refractivity (Wildman–Crippen MR) is 201 cm³/mol. The van der Waals surface area contributed by atoms with Crippen molar-refractivity contribution >= 4 is 40.2 Å². The zero-order valence-electron chi connectivity index (χ0n) is 27.6. The summed E-state index contributed by atoms with van der Waals surface area (Å²) in [7, 11) is -2.78. The molecule has 1 amide bonds. The Morgan fingerprint density at radius 2 is 0.857 bits per heavy atom. The van der Waals surface area contributed by atoms with Crippen LogP contribution in [0.1, 0.15) is 11.1 Å². The van der Waals surface area contributed by atoms with E-state index in [0.29, 0.717) is 58.3 Å². The Morgan fingerprint density at radius 1 is 0.490 bits per heavy atom. The van der Waals surface area contributed by atoms with Crippen LogP contribution in [0.2, 0.25) is 0 Å². The summed E-state index contributed by atoms with van der Waals surface area (Å²) in [4.78, 5) is 25.2. The zero-order chi connectivity index (χ0) is 33.3. The molecule has 246 valence electrons. The Balaban J connectivity index is 1.66. The SMILES string of the molecule is O=C(/C(N=C(c1ccccc1)N1CCOCC1)=C(/c1ccccc1)[P+](c1ccccc1)(c1ccccc1)c1ccccc1)N1CCOCC1. The molecule has 2 aliphatic heterocycles. The maximum Gasteiger partial charge on any atom is 0.276 e. The predicted octanol–water partition coefficient (Wildman–Crippen LogP) is 5.99. The average Bonchev–Trinajstić information content (AvgIpc) is 3.20. The highest BCUT2D eigenvalue weighted by molar-refractivity contribution is 8.03. The minimum atomic E-state index is -2.78. The highest BCUT2D eigenvalue weighted by Crippen LogP contribution is 2.67. The van der Waals surface area contributed by atoms with Gasteiger partial charge in [0.05, 0.1) is 26.4 Å². The number of carbonyl (C=O) groups is 1. The van der Waals surface area contributed by atoms with Crippen LogP contribution in [0.3, 0.4) is 0 Å². The van der Waals surface area contributed by atoms with Crippen molar-refractivity contribution in [3.63, 3.8) is 0 Å². The van der Waals surface area contributed by atoms with Gasteiger partial charge in [-0.1, -0.05) is 115 Å². The van der Waals surface area contributed by atoms with Crippen molar-refractivity contribution in [3.8, 4) is 0 Å². The zero-order valence-corrected chi connectivity index (χ0v) is 28.5. The van der Waals surface area contributed by atoms with Gasteiger partial charge in [-0.15, -0.1) is 0 Å². The van der Waals surface area contributed by atoms with Crippen molar-refractivity contribution in [1.82, 2.24) is 9.80 Å². The van der Waals surface area contributed by atoms with Gasteiger partial charge in [0.1, 0.15) is 34.3 Å². The van der Waals surface area contributed by atoms with Crippen LogP contribution in [0.25, 0.3) is 5.31 Å². The fourth-order valence-electron chi connectivity index (χ4n) is 6.78. The lowest BCUT2D eigenvalue weighted by molar-refractivity contribution is -0.131. The van der Waals surface area contributed by atoms with Gasteiger partial charge in [-0.05, 0) is 36.4 Å². The van der Waals surface area contributed by atoms with Gasteiger partial charge in [-0.2, -0.15) is 0 Å². The van der Waals surface area contributed by atoms with E-state index in [0.717, 1.165) is 38.2 Å². The lowest BCUT2D eigenvalue weighted by Gasteiger charge is -2.34. The van der Waals surface area contributed by atoms with Crippen LogP contribution in [0, 0.1) is 0 Å². The number of aliphatic imine (C=N–C) groups is 1. The third kappa shape index (κ3) is 6.86. The highest BCUT2D eigenvalue weighted by Gasteiger charge is 2.53. The van der Waals surface area contributed by atoms with Gasteiger partial charge in [-0.25, -0.2) is 4.99 Å². The molecule has 5 aromatic carbocycles. The minimum absolute atomic E-state index is 0.0870. The number of nitrogens with zero attached hydrogens (tertiary/aromatic N) is 3. The molecule has 2 fully saturated rings. The molecule has 0 bridgehead atoms. The van der Waals surface area contributed by atoms with Crippen LogP contribution in [-0.4, -0.2) is 74.1 Å². The number of benzene rings is 5. The summed E-state index contributed by atoms with van der Waals surface area (Å²) in [5.74, 6) is 0.692. The first-order valence-corrected chi connectivity index (χ1v) is 18.8. The molecule has 0 aromatic heterocycles. The Hall–Kier alpha value is -4.87. The summed E-state index contributed by atoms with van der Waals surface area (Å²) >= 11 is 0. The molecule has 2 saturated heterocycles. The molecular formula is C42H41N3O3P+. The van der Waals surface area contributed by atoms with E-state index in [9.17, 15) is 0 Å². The molecule has 5 aromatic rings. The molecule has 0 radical (unpaired) electrons. The number of hydrogen-bond donors (Lipinski definition) is 0. The van der Waals surface area contributed by atoms with Gasteiger partial charge in [0, 0.05) is 37.3 Å². The van der Waals surface area contributed by atoms with Gasteiger partial charge >= 0.3 is 0 Å². The van der Waals surface area contributed by atoms with E-state index in [4.69, 9.17) is 14.5 Å². The number of rotatable bonds is 8. The van der Waals surface area contributed by atoms with Gasteiger partial charge in [-0.3, -0.25) is 4.79 Å². The number of amidine groups is 1. The molecule has 7 heteroatoms. The number of amides is 1. The molecule has 7 rings (SSSR count). The minimum Gasteiger partial charge on any atom is -0.378 e. The third-order valence-electron chi connectivity index (χ3n) is 9.10. The number of ether oxygens (including phenoxy) is 2. The standard InChI is InChI=1S/C42H41N3O3P/c46-42(45-28-32-48-33-29-45)39(43-41(35-18-8-2-9-19-35)44-26-30-47-31-27-44)40(34-16-6-1-7-17-34)49(36-20-10-3-11-21-36,37-22-12-4-13-23-37)38-24-14-5-15-25-38/h1-25H,26-33H2/q+1/b40-39+,43-41?. The monoisotopic (exact) mass is 666 g/mol. The maximum atomic E-state index is 15.4.